The zero-order valence-corrected chi connectivity index (χ0v) is 11.0. The molecule has 2 N–H and O–H groups in total. The van der Waals surface area contributed by atoms with Crippen molar-refractivity contribution in [3.8, 4) is 0 Å². The minimum atomic E-state index is -0.588. The topological polar surface area (TPSA) is 98.7 Å². The molecule has 0 heterocycles. The number of rotatable bonds is 6. The second-order valence-corrected chi connectivity index (χ2v) is 4.11. The standard InChI is InChI=1S/C12H17N3O4/c1-14(6-3-7-19-2)12(16)10-8-9(13)4-5-11(10)15(17)18/h4-5,8H,3,6-7,13H2,1-2H3. The van der Waals surface area contributed by atoms with Gasteiger partial charge in [-0.2, -0.15) is 0 Å². The van der Waals surface area contributed by atoms with Crippen molar-refractivity contribution < 1.29 is 14.5 Å². The predicted octanol–water partition coefficient (Wildman–Crippen LogP) is 1.29. The lowest BCUT2D eigenvalue weighted by atomic mass is 10.1. The van der Waals surface area contributed by atoms with Crippen molar-refractivity contribution in [1.82, 2.24) is 4.90 Å². The summed E-state index contributed by atoms with van der Waals surface area (Å²) < 4.78 is 4.89. The number of hydrogen-bond acceptors (Lipinski definition) is 5. The highest BCUT2D eigenvalue weighted by molar-refractivity contribution is 5.98. The van der Waals surface area contributed by atoms with Crippen LogP contribution in [0.25, 0.3) is 0 Å². The van der Waals surface area contributed by atoms with E-state index in [9.17, 15) is 14.9 Å². The van der Waals surface area contributed by atoms with Crippen molar-refractivity contribution in [3.63, 3.8) is 0 Å². The van der Waals surface area contributed by atoms with Crippen molar-refractivity contribution in [1.29, 1.82) is 0 Å². The number of nitrogens with zero attached hydrogens (tertiary/aromatic N) is 2. The molecule has 0 atom stereocenters. The van der Waals surface area contributed by atoms with Crippen LogP contribution in [0.2, 0.25) is 0 Å². The molecule has 0 aliphatic carbocycles. The van der Waals surface area contributed by atoms with Gasteiger partial charge in [-0.15, -0.1) is 0 Å². The molecule has 19 heavy (non-hydrogen) atoms. The van der Waals surface area contributed by atoms with E-state index in [2.05, 4.69) is 0 Å². The number of amides is 1. The highest BCUT2D eigenvalue weighted by atomic mass is 16.6. The summed E-state index contributed by atoms with van der Waals surface area (Å²) in [5.74, 6) is -0.421. The molecule has 0 bridgehead atoms. The van der Waals surface area contributed by atoms with Crippen LogP contribution in [0.3, 0.4) is 0 Å². The summed E-state index contributed by atoms with van der Waals surface area (Å²) in [6.07, 6.45) is 0.662. The fraction of sp³-hybridized carbons (Fsp3) is 0.417. The number of benzene rings is 1. The van der Waals surface area contributed by atoms with Gasteiger partial charge < -0.3 is 15.4 Å². The van der Waals surface area contributed by atoms with Gasteiger partial charge in [0.2, 0.25) is 0 Å². The van der Waals surface area contributed by atoms with E-state index in [0.29, 0.717) is 25.3 Å². The van der Waals surface area contributed by atoms with Crippen LogP contribution in [0.4, 0.5) is 11.4 Å². The molecule has 0 radical (unpaired) electrons. The summed E-state index contributed by atoms with van der Waals surface area (Å²) in [4.78, 5) is 23.9. The number of ether oxygens (including phenoxy) is 1. The third-order valence-corrected chi connectivity index (χ3v) is 2.64. The summed E-state index contributed by atoms with van der Waals surface area (Å²) in [5, 5.41) is 10.9. The lowest BCUT2D eigenvalue weighted by molar-refractivity contribution is -0.385. The summed E-state index contributed by atoms with van der Waals surface area (Å²) in [5.41, 5.74) is 5.66. The molecule has 0 unspecified atom stereocenters. The van der Waals surface area contributed by atoms with Gasteiger partial charge >= 0.3 is 0 Å². The summed E-state index contributed by atoms with van der Waals surface area (Å²) in [6.45, 7) is 0.981. The second-order valence-electron chi connectivity index (χ2n) is 4.11. The van der Waals surface area contributed by atoms with Crippen molar-refractivity contribution in [2.45, 2.75) is 6.42 Å². The van der Waals surface area contributed by atoms with E-state index < -0.39 is 10.8 Å². The number of carbonyl (C=O) groups is 1. The van der Waals surface area contributed by atoms with Gasteiger partial charge in [0.05, 0.1) is 4.92 Å². The Kier molecular flexibility index (Phi) is 5.25. The lowest BCUT2D eigenvalue weighted by Crippen LogP contribution is -2.29. The molecule has 0 saturated heterocycles. The molecule has 0 aliphatic rings. The zero-order valence-electron chi connectivity index (χ0n) is 11.0. The van der Waals surface area contributed by atoms with E-state index >= 15 is 0 Å². The molecule has 1 rings (SSSR count). The van der Waals surface area contributed by atoms with Gasteiger partial charge in [0, 0.05) is 39.1 Å². The van der Waals surface area contributed by atoms with Gasteiger partial charge in [0.25, 0.3) is 11.6 Å². The largest absolute Gasteiger partial charge is 0.399 e. The van der Waals surface area contributed by atoms with E-state index in [4.69, 9.17) is 10.5 Å². The first-order valence-corrected chi connectivity index (χ1v) is 5.75. The molecule has 0 fully saturated rings. The SMILES string of the molecule is COCCCN(C)C(=O)c1cc(N)ccc1[N+](=O)[O-]. The van der Waals surface area contributed by atoms with Gasteiger partial charge in [0.1, 0.15) is 5.56 Å². The zero-order chi connectivity index (χ0) is 14.4. The Bertz CT molecular complexity index is 476. The lowest BCUT2D eigenvalue weighted by Gasteiger charge is -2.17. The average Bonchev–Trinajstić information content (AvgIpc) is 2.37. The monoisotopic (exact) mass is 267 g/mol. The van der Waals surface area contributed by atoms with Crippen LogP contribution >= 0.6 is 0 Å². The Balaban J connectivity index is 2.91. The first-order chi connectivity index (χ1) is 8.97. The maximum Gasteiger partial charge on any atom is 0.282 e. The van der Waals surface area contributed by atoms with Crippen LogP contribution in [0.15, 0.2) is 18.2 Å². The second kappa shape index (κ2) is 6.69. The van der Waals surface area contributed by atoms with Crippen LogP contribution in [0.5, 0.6) is 0 Å². The number of nitro benzene ring substituents is 1. The van der Waals surface area contributed by atoms with E-state index in [-0.39, 0.29) is 11.3 Å². The summed E-state index contributed by atoms with van der Waals surface area (Å²) in [6, 6.07) is 3.97. The molecule has 1 aromatic carbocycles. The molecule has 0 aromatic heterocycles. The Hall–Kier alpha value is -2.15. The molecule has 0 saturated carbocycles. The average molecular weight is 267 g/mol. The molecular weight excluding hydrogens is 250 g/mol. The number of nitrogen functional groups attached to an aromatic ring is 1. The molecule has 1 amide bonds. The number of nitrogens with two attached hydrogens (primary N) is 1. The maximum atomic E-state index is 12.1. The highest BCUT2D eigenvalue weighted by Gasteiger charge is 2.22. The fourth-order valence-corrected chi connectivity index (χ4v) is 1.64. The maximum absolute atomic E-state index is 12.1. The Morgan fingerprint density at radius 2 is 2.21 bits per heavy atom. The molecule has 0 spiro atoms. The smallest absolute Gasteiger partial charge is 0.282 e. The van der Waals surface area contributed by atoms with E-state index in [1.165, 1.54) is 23.1 Å². The van der Waals surface area contributed by atoms with Crippen LogP contribution in [-0.2, 0) is 4.74 Å². The van der Waals surface area contributed by atoms with Crippen LogP contribution < -0.4 is 5.73 Å². The van der Waals surface area contributed by atoms with Crippen molar-refractivity contribution >= 4 is 17.3 Å². The Morgan fingerprint density at radius 3 is 2.79 bits per heavy atom. The van der Waals surface area contributed by atoms with Crippen LogP contribution in [-0.4, -0.2) is 43.0 Å². The molecule has 0 aliphatic heterocycles. The normalized spacial score (nSPS) is 10.2. The molecule has 7 heteroatoms. The molecule has 104 valence electrons. The van der Waals surface area contributed by atoms with Crippen molar-refractivity contribution in [2.24, 2.45) is 0 Å². The number of hydrogen-bond donors (Lipinski definition) is 1. The van der Waals surface area contributed by atoms with Crippen molar-refractivity contribution in [3.05, 3.63) is 33.9 Å². The van der Waals surface area contributed by atoms with E-state index in [1.54, 1.807) is 14.2 Å². The van der Waals surface area contributed by atoms with Gasteiger partial charge in [0.15, 0.2) is 0 Å². The van der Waals surface area contributed by atoms with Crippen LogP contribution in [0.1, 0.15) is 16.8 Å². The first kappa shape index (κ1) is 14.9. The molecule has 7 nitrogen and oxygen atoms in total. The third-order valence-electron chi connectivity index (χ3n) is 2.64. The first-order valence-electron chi connectivity index (χ1n) is 5.75. The highest BCUT2D eigenvalue weighted by Crippen LogP contribution is 2.22. The molecule has 1 aromatic rings. The van der Waals surface area contributed by atoms with E-state index in [1.807, 2.05) is 0 Å². The number of anilines is 1. The quantitative estimate of drug-likeness (QED) is 0.362. The van der Waals surface area contributed by atoms with Gasteiger partial charge in [-0.3, -0.25) is 14.9 Å². The third kappa shape index (κ3) is 3.92. The van der Waals surface area contributed by atoms with Crippen molar-refractivity contribution in [2.75, 3.05) is 33.0 Å². The molecular formula is C12H17N3O4. The Labute approximate surface area is 111 Å². The van der Waals surface area contributed by atoms with Gasteiger partial charge in [-0.05, 0) is 18.6 Å². The minimum absolute atomic E-state index is 0.00455. The summed E-state index contributed by atoms with van der Waals surface area (Å²) in [7, 11) is 3.16. The van der Waals surface area contributed by atoms with E-state index in [0.717, 1.165) is 0 Å². The van der Waals surface area contributed by atoms with Gasteiger partial charge in [-0.25, -0.2) is 0 Å². The van der Waals surface area contributed by atoms with Crippen LogP contribution in [0, 0.1) is 10.1 Å². The number of nitro groups is 1. The number of carbonyl (C=O) groups excluding carboxylic acids is 1. The minimum Gasteiger partial charge on any atom is -0.399 e. The Morgan fingerprint density at radius 1 is 1.53 bits per heavy atom. The fourth-order valence-electron chi connectivity index (χ4n) is 1.64. The van der Waals surface area contributed by atoms with Gasteiger partial charge in [-0.1, -0.05) is 0 Å². The summed E-state index contributed by atoms with van der Waals surface area (Å²) >= 11 is 0. The predicted molar refractivity (Wildman–Crippen MR) is 71.0 cm³/mol. The number of methoxy groups -OCH3 is 1.